The minimum atomic E-state index is -0.408. The second kappa shape index (κ2) is 7.47. The second-order valence-corrected chi connectivity index (χ2v) is 7.73. The van der Waals surface area contributed by atoms with Gasteiger partial charge in [-0.05, 0) is 49.7 Å². The summed E-state index contributed by atoms with van der Waals surface area (Å²) in [5.74, 6) is 0.901. The molecule has 1 aliphatic rings. The summed E-state index contributed by atoms with van der Waals surface area (Å²) in [5, 5.41) is 12.5. The number of benzene rings is 1. The summed E-state index contributed by atoms with van der Waals surface area (Å²) in [4.78, 5) is 0. The number of nitrogens with two attached hydrogens (primary N) is 1. The Hall–Kier alpha value is -1.06. The maximum absolute atomic E-state index is 10.2. The summed E-state index contributed by atoms with van der Waals surface area (Å²) in [6.07, 6.45) is 4.85. The summed E-state index contributed by atoms with van der Waals surface area (Å²) in [6.45, 7) is 9.79. The first-order valence-electron chi connectivity index (χ1n) is 8.61. The average Bonchev–Trinajstić information content (AvgIpc) is 2.96. The van der Waals surface area contributed by atoms with E-state index < -0.39 is 6.10 Å². The van der Waals surface area contributed by atoms with Crippen molar-refractivity contribution in [3.63, 3.8) is 0 Å². The van der Waals surface area contributed by atoms with Crippen LogP contribution in [0.25, 0.3) is 0 Å². The largest absolute Gasteiger partial charge is 0.490 e. The average molecular weight is 306 g/mol. The zero-order valence-corrected chi connectivity index (χ0v) is 14.6. The van der Waals surface area contributed by atoms with Gasteiger partial charge in [-0.2, -0.15) is 0 Å². The van der Waals surface area contributed by atoms with Gasteiger partial charge in [0.15, 0.2) is 0 Å². The fourth-order valence-electron chi connectivity index (χ4n) is 3.15. The molecule has 3 N–H and O–H groups in total. The van der Waals surface area contributed by atoms with E-state index >= 15 is 0 Å². The molecule has 2 rings (SSSR count). The number of hydrogen-bond acceptors (Lipinski definition) is 2. The summed E-state index contributed by atoms with van der Waals surface area (Å²) in [5.41, 5.74) is 2.49. The summed E-state index contributed by atoms with van der Waals surface area (Å²) in [7, 11) is 0. The standard InChI is InChI=1S/C19H31NO2/c1-14-9-10-18(17(11-14)19(2,3)4)22-13-16(21)12-20-15-7-5-6-8-15/h9-11,15-16,20-21H,5-8,12-13H2,1-4H3/p+1/t16-/m0/s1. The lowest BCUT2D eigenvalue weighted by atomic mass is 9.85. The number of aryl methyl sites for hydroxylation is 1. The molecule has 0 saturated heterocycles. The number of quaternary nitrogens is 1. The van der Waals surface area contributed by atoms with Crippen LogP contribution in [0.1, 0.15) is 57.6 Å². The number of hydrogen-bond donors (Lipinski definition) is 2. The highest BCUT2D eigenvalue weighted by Gasteiger charge is 2.21. The van der Waals surface area contributed by atoms with Crippen molar-refractivity contribution in [1.82, 2.24) is 0 Å². The molecule has 0 bridgehead atoms. The van der Waals surface area contributed by atoms with E-state index in [9.17, 15) is 5.11 Å². The molecule has 1 saturated carbocycles. The predicted molar refractivity (Wildman–Crippen MR) is 90.4 cm³/mol. The topological polar surface area (TPSA) is 46.1 Å². The highest BCUT2D eigenvalue weighted by molar-refractivity contribution is 5.41. The van der Waals surface area contributed by atoms with E-state index in [2.05, 4.69) is 45.1 Å². The lowest BCUT2D eigenvalue weighted by Gasteiger charge is -2.24. The first kappa shape index (κ1) is 17.3. The Morgan fingerprint density at radius 2 is 1.95 bits per heavy atom. The van der Waals surface area contributed by atoms with Gasteiger partial charge >= 0.3 is 0 Å². The number of aliphatic hydroxyl groups is 1. The van der Waals surface area contributed by atoms with E-state index in [-0.39, 0.29) is 5.41 Å². The van der Waals surface area contributed by atoms with E-state index in [1.807, 2.05) is 6.07 Å². The van der Waals surface area contributed by atoms with Crippen LogP contribution in [0.15, 0.2) is 18.2 Å². The predicted octanol–water partition coefficient (Wildman–Crippen LogP) is 2.54. The zero-order valence-electron chi connectivity index (χ0n) is 14.6. The third-order valence-corrected chi connectivity index (χ3v) is 4.52. The third kappa shape index (κ3) is 4.99. The minimum Gasteiger partial charge on any atom is -0.490 e. The quantitative estimate of drug-likeness (QED) is 0.848. The van der Waals surface area contributed by atoms with Gasteiger partial charge in [0.05, 0.1) is 6.04 Å². The molecule has 3 heteroatoms. The number of rotatable bonds is 6. The van der Waals surface area contributed by atoms with Crippen molar-refractivity contribution >= 4 is 0 Å². The van der Waals surface area contributed by atoms with Gasteiger partial charge in [-0.1, -0.05) is 38.5 Å². The Bertz CT molecular complexity index is 473. The van der Waals surface area contributed by atoms with Gasteiger partial charge in [-0.25, -0.2) is 0 Å². The molecule has 22 heavy (non-hydrogen) atoms. The number of ether oxygens (including phenoxy) is 1. The first-order valence-corrected chi connectivity index (χ1v) is 8.61. The zero-order chi connectivity index (χ0) is 16.2. The molecule has 1 aliphatic carbocycles. The van der Waals surface area contributed by atoms with Gasteiger partial charge < -0.3 is 15.2 Å². The molecule has 0 unspecified atom stereocenters. The smallest absolute Gasteiger partial charge is 0.137 e. The van der Waals surface area contributed by atoms with Crippen molar-refractivity contribution < 1.29 is 15.2 Å². The Balaban J connectivity index is 1.87. The van der Waals surface area contributed by atoms with Crippen LogP contribution in [-0.2, 0) is 5.41 Å². The molecule has 1 aromatic rings. The van der Waals surface area contributed by atoms with E-state index in [1.165, 1.54) is 36.8 Å². The molecular formula is C19H32NO2+. The molecule has 0 aromatic heterocycles. The van der Waals surface area contributed by atoms with Gasteiger partial charge in [-0.15, -0.1) is 0 Å². The van der Waals surface area contributed by atoms with E-state index in [0.717, 1.165) is 12.3 Å². The molecule has 0 radical (unpaired) electrons. The van der Waals surface area contributed by atoms with Gasteiger partial charge in [0, 0.05) is 0 Å². The van der Waals surface area contributed by atoms with Crippen molar-refractivity contribution in [3.05, 3.63) is 29.3 Å². The van der Waals surface area contributed by atoms with Crippen LogP contribution in [0.5, 0.6) is 5.75 Å². The van der Waals surface area contributed by atoms with E-state index in [1.54, 1.807) is 0 Å². The molecule has 3 nitrogen and oxygen atoms in total. The maximum Gasteiger partial charge on any atom is 0.137 e. The molecule has 0 heterocycles. The molecular weight excluding hydrogens is 274 g/mol. The van der Waals surface area contributed by atoms with E-state index in [4.69, 9.17) is 4.74 Å². The fourth-order valence-corrected chi connectivity index (χ4v) is 3.15. The van der Waals surface area contributed by atoms with Gasteiger partial charge in [0.25, 0.3) is 0 Å². The monoisotopic (exact) mass is 306 g/mol. The fraction of sp³-hybridized carbons (Fsp3) is 0.684. The highest BCUT2D eigenvalue weighted by atomic mass is 16.5. The van der Waals surface area contributed by atoms with Crippen LogP contribution in [-0.4, -0.2) is 30.4 Å². The SMILES string of the molecule is Cc1ccc(OC[C@@H](O)C[NH2+]C2CCCC2)c(C(C)(C)C)c1. The summed E-state index contributed by atoms with van der Waals surface area (Å²) in [6, 6.07) is 7.00. The van der Waals surface area contributed by atoms with Crippen molar-refractivity contribution in [2.75, 3.05) is 13.2 Å². The molecule has 1 fully saturated rings. The number of aliphatic hydroxyl groups excluding tert-OH is 1. The molecule has 0 amide bonds. The second-order valence-electron chi connectivity index (χ2n) is 7.73. The van der Waals surface area contributed by atoms with Gasteiger partial charge in [0.1, 0.15) is 25.0 Å². The van der Waals surface area contributed by atoms with Crippen LogP contribution in [0.4, 0.5) is 0 Å². The van der Waals surface area contributed by atoms with Gasteiger partial charge in [-0.3, -0.25) is 0 Å². The van der Waals surface area contributed by atoms with Crippen molar-refractivity contribution in [2.45, 2.75) is 70.9 Å². The minimum absolute atomic E-state index is 0.0439. The molecule has 0 spiro atoms. The highest BCUT2D eigenvalue weighted by Crippen LogP contribution is 2.32. The Morgan fingerprint density at radius 1 is 1.27 bits per heavy atom. The van der Waals surface area contributed by atoms with Crippen molar-refractivity contribution in [1.29, 1.82) is 0 Å². The summed E-state index contributed by atoms with van der Waals surface area (Å²) >= 11 is 0. The third-order valence-electron chi connectivity index (χ3n) is 4.52. The molecule has 0 aliphatic heterocycles. The normalized spacial score (nSPS) is 17.7. The van der Waals surface area contributed by atoms with Crippen molar-refractivity contribution in [3.8, 4) is 5.75 Å². The van der Waals surface area contributed by atoms with Gasteiger partial charge in [0.2, 0.25) is 0 Å². The first-order chi connectivity index (χ1) is 10.4. The summed E-state index contributed by atoms with van der Waals surface area (Å²) < 4.78 is 5.93. The van der Waals surface area contributed by atoms with Crippen LogP contribution < -0.4 is 10.1 Å². The lowest BCUT2D eigenvalue weighted by Crippen LogP contribution is -2.91. The van der Waals surface area contributed by atoms with Crippen LogP contribution in [0.2, 0.25) is 0 Å². The molecule has 124 valence electrons. The lowest BCUT2D eigenvalue weighted by molar-refractivity contribution is -0.693. The van der Waals surface area contributed by atoms with Crippen molar-refractivity contribution in [2.24, 2.45) is 0 Å². The van der Waals surface area contributed by atoms with Crippen LogP contribution >= 0.6 is 0 Å². The Morgan fingerprint density at radius 3 is 2.59 bits per heavy atom. The maximum atomic E-state index is 10.2. The molecule has 1 atom stereocenters. The molecule has 1 aromatic carbocycles. The van der Waals surface area contributed by atoms with Crippen LogP contribution in [0, 0.1) is 6.92 Å². The Labute approximate surface area is 135 Å². The van der Waals surface area contributed by atoms with Crippen LogP contribution in [0.3, 0.4) is 0 Å². The Kier molecular flexibility index (Phi) is 5.87. The van der Waals surface area contributed by atoms with E-state index in [0.29, 0.717) is 12.6 Å².